The van der Waals surface area contributed by atoms with Gasteiger partial charge < -0.3 is 24.4 Å². The van der Waals surface area contributed by atoms with E-state index in [9.17, 15) is 19.2 Å². The van der Waals surface area contributed by atoms with E-state index in [1.165, 1.54) is 0 Å². The smallest absolute Gasteiger partial charge is 0.408 e. The van der Waals surface area contributed by atoms with E-state index >= 15 is 0 Å². The third-order valence-electron chi connectivity index (χ3n) is 10.8. The fourth-order valence-electron chi connectivity index (χ4n) is 7.96. The van der Waals surface area contributed by atoms with E-state index in [0.717, 1.165) is 41.7 Å². The van der Waals surface area contributed by atoms with Crippen molar-refractivity contribution in [2.24, 2.45) is 11.3 Å². The number of ketones is 1. The molecule has 3 aliphatic rings. The number of carbonyl (C=O) groups excluding carboxylic acids is 4. The van der Waals surface area contributed by atoms with Gasteiger partial charge in [0.25, 0.3) is 6.01 Å². The monoisotopic (exact) mass is 758 g/mol. The zero-order valence-electron chi connectivity index (χ0n) is 33.7. The molecule has 298 valence electrons. The number of para-hydroxylation sites is 1. The number of carbonyl (C=O) groups is 4. The number of nitrogens with one attached hydrogen (secondary N) is 1. The Morgan fingerprint density at radius 2 is 1.85 bits per heavy atom. The average Bonchev–Trinajstić information content (AvgIpc) is 3.48. The summed E-state index contributed by atoms with van der Waals surface area (Å²) in [6.07, 6.45) is 9.09. The maximum Gasteiger partial charge on any atom is 0.408 e. The van der Waals surface area contributed by atoms with Gasteiger partial charge in [-0.25, -0.2) is 9.48 Å². The number of amides is 2. The fraction of sp³-hybridized carbons (Fsp3) is 0.619. The Morgan fingerprint density at radius 1 is 1.07 bits per heavy atom. The Bertz CT molecular complexity index is 1920. The standard InChI is InChI=1S/C42H58N6O7/c1-9-53-38(51)42-23-28(42)16-13-11-10-12-14-17-31(43-40(52)55-41(6,7)8)37(50)46-25-29(22-34(46)35(49)24-42)54-39-44-36-32(47-21-20-30(45-47)26(2)3)18-15-19-33(36)48(39)27(4)5/h13,15-16,18-21,26-29,31,34H,9-12,14,17,22-25H2,1-8H3,(H,43,52)/b16-13-/t28-,29+,31-,34-,42+/m0/s1. The Hall–Kier alpha value is -4.68. The molecule has 6 rings (SSSR count). The van der Waals surface area contributed by atoms with Crippen LogP contribution in [0.5, 0.6) is 6.01 Å². The van der Waals surface area contributed by atoms with E-state index < -0.39 is 35.3 Å². The Morgan fingerprint density at radius 3 is 2.55 bits per heavy atom. The quantitative estimate of drug-likeness (QED) is 0.186. The van der Waals surface area contributed by atoms with E-state index in [0.29, 0.717) is 25.3 Å². The maximum atomic E-state index is 14.6. The van der Waals surface area contributed by atoms with Crippen molar-refractivity contribution in [3.05, 3.63) is 48.3 Å². The van der Waals surface area contributed by atoms with Gasteiger partial charge in [-0.05, 0) is 97.3 Å². The summed E-state index contributed by atoms with van der Waals surface area (Å²) in [5, 5.41) is 7.62. The fourth-order valence-corrected chi connectivity index (χ4v) is 7.96. The third kappa shape index (κ3) is 8.75. The molecule has 0 unspecified atom stereocenters. The number of fused-ring (bicyclic) bond motifs is 3. The number of esters is 1. The Labute approximate surface area is 324 Å². The van der Waals surface area contributed by atoms with Gasteiger partial charge in [-0.3, -0.25) is 19.0 Å². The van der Waals surface area contributed by atoms with Crippen LogP contribution in [-0.2, 0) is 23.9 Å². The molecule has 3 aromatic rings. The lowest BCUT2D eigenvalue weighted by atomic mass is 9.91. The van der Waals surface area contributed by atoms with Crippen LogP contribution < -0.4 is 10.1 Å². The van der Waals surface area contributed by atoms with Crippen LogP contribution in [-0.4, -0.2) is 84.9 Å². The number of benzene rings is 1. The molecular formula is C42H58N6O7. The summed E-state index contributed by atoms with van der Waals surface area (Å²) < 4.78 is 21.6. The van der Waals surface area contributed by atoms with E-state index in [2.05, 4.69) is 45.2 Å². The molecule has 13 nitrogen and oxygen atoms in total. The average molecular weight is 759 g/mol. The van der Waals surface area contributed by atoms with Gasteiger partial charge in [0.2, 0.25) is 5.91 Å². The second-order valence-electron chi connectivity index (χ2n) is 16.9. The van der Waals surface area contributed by atoms with Crippen molar-refractivity contribution >= 4 is 34.8 Å². The zero-order valence-corrected chi connectivity index (χ0v) is 33.7. The molecule has 2 aromatic heterocycles. The summed E-state index contributed by atoms with van der Waals surface area (Å²) in [5.41, 5.74) is 1.65. The number of alkyl carbamates (subject to hydrolysis) is 1. The minimum absolute atomic E-state index is 0.0269. The van der Waals surface area contributed by atoms with Gasteiger partial charge in [-0.2, -0.15) is 10.1 Å². The minimum atomic E-state index is -0.963. The van der Waals surface area contributed by atoms with E-state index in [1.54, 1.807) is 32.6 Å². The summed E-state index contributed by atoms with van der Waals surface area (Å²) in [4.78, 5) is 62.1. The molecule has 1 saturated carbocycles. The van der Waals surface area contributed by atoms with Crippen molar-refractivity contribution in [1.82, 2.24) is 29.5 Å². The second kappa shape index (κ2) is 16.2. The van der Waals surface area contributed by atoms with Crippen LogP contribution in [0.2, 0.25) is 0 Å². The first-order chi connectivity index (χ1) is 26.1. The van der Waals surface area contributed by atoms with Gasteiger partial charge in [0.15, 0.2) is 5.78 Å². The minimum Gasteiger partial charge on any atom is -0.466 e. The number of Topliss-reactive ketones (excluding diaryl/α,β-unsaturated/α-hetero) is 1. The molecule has 1 saturated heterocycles. The topological polar surface area (TPSA) is 147 Å². The summed E-state index contributed by atoms with van der Waals surface area (Å²) >= 11 is 0. The molecule has 4 heterocycles. The molecule has 1 aromatic carbocycles. The van der Waals surface area contributed by atoms with Crippen LogP contribution in [0.4, 0.5) is 4.79 Å². The van der Waals surface area contributed by atoms with Crippen molar-refractivity contribution in [1.29, 1.82) is 0 Å². The van der Waals surface area contributed by atoms with Gasteiger partial charge in [-0.1, -0.05) is 44.9 Å². The molecule has 2 aliphatic heterocycles. The number of rotatable bonds is 8. The molecule has 0 spiro atoms. The first kappa shape index (κ1) is 40.0. The Kier molecular flexibility index (Phi) is 11.8. The highest BCUT2D eigenvalue weighted by atomic mass is 16.6. The lowest BCUT2D eigenvalue weighted by molar-refractivity contribution is -0.152. The van der Waals surface area contributed by atoms with Gasteiger partial charge in [0.1, 0.15) is 23.3 Å². The summed E-state index contributed by atoms with van der Waals surface area (Å²) in [5.74, 6) is -0.823. The summed E-state index contributed by atoms with van der Waals surface area (Å²) in [7, 11) is 0. The SMILES string of the molecule is CCOC(=O)[C@]12CC(=O)[C@@H]3C[C@@H](Oc4nc5c(-n6ccc(C(C)C)n6)cccc5n4C(C)C)CN3C(=O)[C@@H](NC(=O)OC(C)(C)C)CCCCC/C=C\[C@H]1C2. The first-order valence-corrected chi connectivity index (χ1v) is 20.0. The van der Waals surface area contributed by atoms with Gasteiger partial charge in [0.05, 0.1) is 41.5 Å². The van der Waals surface area contributed by atoms with Crippen molar-refractivity contribution in [3.63, 3.8) is 0 Å². The lowest BCUT2D eigenvalue weighted by Crippen LogP contribution is -2.52. The summed E-state index contributed by atoms with van der Waals surface area (Å²) in [6, 6.07) is 6.51. The van der Waals surface area contributed by atoms with Crippen LogP contribution in [0, 0.1) is 11.3 Å². The van der Waals surface area contributed by atoms with Crippen molar-refractivity contribution in [2.75, 3.05) is 13.2 Å². The predicted octanol–water partition coefficient (Wildman–Crippen LogP) is 7.22. The lowest BCUT2D eigenvalue weighted by Gasteiger charge is -2.30. The van der Waals surface area contributed by atoms with E-state index in [4.69, 9.17) is 24.3 Å². The third-order valence-corrected chi connectivity index (χ3v) is 10.8. The van der Waals surface area contributed by atoms with Crippen LogP contribution in [0.15, 0.2) is 42.6 Å². The molecule has 13 heteroatoms. The number of imidazole rings is 1. The highest BCUT2D eigenvalue weighted by Crippen LogP contribution is 2.57. The number of aromatic nitrogens is 4. The highest BCUT2D eigenvalue weighted by Gasteiger charge is 2.61. The van der Waals surface area contributed by atoms with Gasteiger partial charge in [-0.15, -0.1) is 0 Å². The predicted molar refractivity (Wildman–Crippen MR) is 208 cm³/mol. The van der Waals surface area contributed by atoms with Crippen molar-refractivity contribution < 1.29 is 33.4 Å². The van der Waals surface area contributed by atoms with Crippen LogP contribution in [0.1, 0.15) is 124 Å². The highest BCUT2D eigenvalue weighted by molar-refractivity contribution is 5.96. The molecule has 1 N–H and O–H groups in total. The molecule has 1 aliphatic carbocycles. The number of hydrogen-bond acceptors (Lipinski definition) is 9. The van der Waals surface area contributed by atoms with Crippen LogP contribution in [0.3, 0.4) is 0 Å². The molecule has 0 radical (unpaired) electrons. The largest absolute Gasteiger partial charge is 0.466 e. The van der Waals surface area contributed by atoms with Crippen LogP contribution >= 0.6 is 0 Å². The molecule has 55 heavy (non-hydrogen) atoms. The molecule has 5 atom stereocenters. The number of allylic oxidation sites excluding steroid dienone is 2. The molecule has 2 amide bonds. The maximum absolute atomic E-state index is 14.6. The Balaban J connectivity index is 1.34. The first-order valence-electron chi connectivity index (χ1n) is 20.0. The summed E-state index contributed by atoms with van der Waals surface area (Å²) in [6.45, 7) is 15.7. The van der Waals surface area contributed by atoms with Crippen LogP contribution in [0.25, 0.3) is 16.7 Å². The number of ether oxygens (including phenoxy) is 3. The number of nitrogens with zero attached hydrogens (tertiary/aromatic N) is 5. The van der Waals surface area contributed by atoms with E-state index in [1.807, 2.05) is 39.7 Å². The molecular weight excluding hydrogens is 700 g/mol. The molecule has 2 fully saturated rings. The zero-order chi connectivity index (χ0) is 39.7. The normalized spacial score (nSPS) is 25.6. The van der Waals surface area contributed by atoms with Gasteiger partial charge in [0, 0.05) is 25.1 Å². The van der Waals surface area contributed by atoms with Crippen molar-refractivity contribution in [2.45, 2.75) is 143 Å². The number of hydrogen-bond donors (Lipinski definition) is 1. The van der Waals surface area contributed by atoms with Crippen molar-refractivity contribution in [3.8, 4) is 11.7 Å². The molecule has 0 bridgehead atoms. The second-order valence-corrected chi connectivity index (χ2v) is 16.9. The van der Waals surface area contributed by atoms with Gasteiger partial charge >= 0.3 is 12.1 Å². The van der Waals surface area contributed by atoms with E-state index in [-0.39, 0.29) is 61.5 Å².